The summed E-state index contributed by atoms with van der Waals surface area (Å²) in [4.78, 5) is 10.5. The molecule has 0 saturated heterocycles. The van der Waals surface area contributed by atoms with Gasteiger partial charge < -0.3 is 9.84 Å². The molecule has 0 bridgehead atoms. The maximum atomic E-state index is 11.5. The van der Waals surface area contributed by atoms with E-state index in [9.17, 15) is 13.2 Å². The molecule has 19 heavy (non-hydrogen) atoms. The van der Waals surface area contributed by atoms with E-state index >= 15 is 0 Å². The van der Waals surface area contributed by atoms with Gasteiger partial charge in [-0.2, -0.15) is 0 Å². The van der Waals surface area contributed by atoms with Gasteiger partial charge in [0.15, 0.2) is 6.61 Å². The summed E-state index contributed by atoms with van der Waals surface area (Å²) >= 11 is 0. The van der Waals surface area contributed by atoms with Gasteiger partial charge in [-0.3, -0.25) is 0 Å². The van der Waals surface area contributed by atoms with Gasteiger partial charge in [-0.05, 0) is 36.1 Å². The second kappa shape index (κ2) is 5.79. The Hall–Kier alpha value is -1.27. The standard InChI is InChI=1S/C12H15ClO5S/c1-7(2)9-5-10(18-6-12(14)15)8(3)4-11(9)19(13,16)17/h4-5,7H,6H2,1-3H3,(H,14,15). The summed E-state index contributed by atoms with van der Waals surface area (Å²) in [5, 5.41) is 8.59. The molecule has 0 fully saturated rings. The molecule has 1 rings (SSSR count). The van der Waals surface area contributed by atoms with Crippen molar-refractivity contribution in [3.63, 3.8) is 0 Å². The van der Waals surface area contributed by atoms with Crippen LogP contribution in [0.25, 0.3) is 0 Å². The number of rotatable bonds is 5. The van der Waals surface area contributed by atoms with E-state index in [1.165, 1.54) is 12.1 Å². The van der Waals surface area contributed by atoms with Gasteiger partial charge in [0.2, 0.25) is 0 Å². The molecular formula is C12H15ClO5S. The topological polar surface area (TPSA) is 80.7 Å². The first-order chi connectivity index (χ1) is 8.62. The number of hydrogen-bond acceptors (Lipinski definition) is 4. The molecule has 0 aliphatic heterocycles. The van der Waals surface area contributed by atoms with Gasteiger partial charge in [0, 0.05) is 10.7 Å². The molecule has 0 saturated carbocycles. The quantitative estimate of drug-likeness (QED) is 0.845. The van der Waals surface area contributed by atoms with Crippen molar-refractivity contribution in [3.05, 3.63) is 23.3 Å². The fraction of sp³-hybridized carbons (Fsp3) is 0.417. The molecule has 1 aromatic carbocycles. The molecule has 0 radical (unpaired) electrons. The average Bonchev–Trinajstić information content (AvgIpc) is 2.25. The van der Waals surface area contributed by atoms with E-state index in [0.717, 1.165) is 0 Å². The number of ether oxygens (including phenoxy) is 1. The largest absolute Gasteiger partial charge is 0.482 e. The molecule has 5 nitrogen and oxygen atoms in total. The summed E-state index contributed by atoms with van der Waals surface area (Å²) < 4.78 is 28.2. The molecule has 0 aromatic heterocycles. The first-order valence-electron chi connectivity index (χ1n) is 5.56. The number of aliphatic carboxylic acids is 1. The maximum Gasteiger partial charge on any atom is 0.341 e. The third-order valence-corrected chi connectivity index (χ3v) is 3.92. The van der Waals surface area contributed by atoms with Crippen LogP contribution in [0.4, 0.5) is 0 Å². The summed E-state index contributed by atoms with van der Waals surface area (Å²) in [6.07, 6.45) is 0. The van der Waals surface area contributed by atoms with Crippen LogP contribution in [0.3, 0.4) is 0 Å². The Morgan fingerprint density at radius 3 is 2.42 bits per heavy atom. The van der Waals surface area contributed by atoms with E-state index in [1.807, 2.05) is 13.8 Å². The number of carboxylic acid groups (broad SMARTS) is 1. The molecule has 0 unspecified atom stereocenters. The van der Waals surface area contributed by atoms with Crippen molar-refractivity contribution in [1.82, 2.24) is 0 Å². The Bertz CT molecular complexity index is 592. The first kappa shape index (κ1) is 15.8. The first-order valence-corrected chi connectivity index (χ1v) is 7.87. The SMILES string of the molecule is Cc1cc(S(=O)(=O)Cl)c(C(C)C)cc1OCC(=O)O. The molecule has 1 aromatic rings. The van der Waals surface area contributed by atoms with E-state index < -0.39 is 21.6 Å². The normalized spacial score (nSPS) is 11.6. The van der Waals surface area contributed by atoms with Crippen LogP contribution in [-0.2, 0) is 13.8 Å². The molecule has 0 amide bonds. The summed E-state index contributed by atoms with van der Waals surface area (Å²) in [5.74, 6) is -0.842. The van der Waals surface area contributed by atoms with Crippen LogP contribution in [0.5, 0.6) is 5.75 Å². The smallest absolute Gasteiger partial charge is 0.341 e. The van der Waals surface area contributed by atoms with Gasteiger partial charge in [-0.15, -0.1) is 0 Å². The third kappa shape index (κ3) is 4.11. The van der Waals surface area contributed by atoms with Gasteiger partial charge in [0.1, 0.15) is 5.75 Å². The lowest BCUT2D eigenvalue weighted by molar-refractivity contribution is -0.139. The van der Waals surface area contributed by atoms with Crippen LogP contribution in [-0.4, -0.2) is 26.1 Å². The van der Waals surface area contributed by atoms with E-state index in [2.05, 4.69) is 0 Å². The Balaban J connectivity index is 3.33. The number of carboxylic acids is 1. The van der Waals surface area contributed by atoms with Crippen molar-refractivity contribution >= 4 is 25.7 Å². The highest BCUT2D eigenvalue weighted by molar-refractivity contribution is 8.13. The number of carbonyl (C=O) groups is 1. The fourth-order valence-corrected chi connectivity index (χ4v) is 2.93. The van der Waals surface area contributed by atoms with Crippen LogP contribution in [0.2, 0.25) is 0 Å². The van der Waals surface area contributed by atoms with Crippen molar-refractivity contribution in [3.8, 4) is 5.75 Å². The van der Waals surface area contributed by atoms with Crippen LogP contribution >= 0.6 is 10.7 Å². The Labute approximate surface area is 116 Å². The monoisotopic (exact) mass is 306 g/mol. The van der Waals surface area contributed by atoms with E-state index in [1.54, 1.807) is 6.92 Å². The molecule has 0 heterocycles. The zero-order chi connectivity index (χ0) is 14.8. The summed E-state index contributed by atoms with van der Waals surface area (Å²) in [7, 11) is 1.55. The second-order valence-electron chi connectivity index (χ2n) is 4.43. The van der Waals surface area contributed by atoms with E-state index in [4.69, 9.17) is 20.5 Å². The predicted molar refractivity (Wildman–Crippen MR) is 71.4 cm³/mol. The third-order valence-electron chi connectivity index (χ3n) is 2.54. The van der Waals surface area contributed by atoms with Crippen molar-refractivity contribution < 1.29 is 23.1 Å². The Kier molecular flexibility index (Phi) is 4.81. The summed E-state index contributed by atoms with van der Waals surface area (Å²) in [5.41, 5.74) is 1.02. The maximum absolute atomic E-state index is 11.5. The molecule has 1 N–H and O–H groups in total. The highest BCUT2D eigenvalue weighted by atomic mass is 35.7. The van der Waals surface area contributed by atoms with Gasteiger partial charge in [0.25, 0.3) is 9.05 Å². The molecule has 106 valence electrons. The minimum atomic E-state index is -3.85. The fourth-order valence-electron chi connectivity index (χ4n) is 1.63. The highest BCUT2D eigenvalue weighted by Gasteiger charge is 2.20. The van der Waals surface area contributed by atoms with E-state index in [0.29, 0.717) is 16.9 Å². The minimum Gasteiger partial charge on any atom is -0.482 e. The minimum absolute atomic E-state index is 0.0318. The highest BCUT2D eigenvalue weighted by Crippen LogP contribution is 2.32. The summed E-state index contributed by atoms with van der Waals surface area (Å²) in [6, 6.07) is 2.92. The zero-order valence-corrected chi connectivity index (χ0v) is 12.4. The second-order valence-corrected chi connectivity index (χ2v) is 6.96. The number of aryl methyl sites for hydroxylation is 1. The lowest BCUT2D eigenvalue weighted by atomic mass is 10.0. The van der Waals surface area contributed by atoms with Crippen LogP contribution in [0.15, 0.2) is 17.0 Å². The predicted octanol–water partition coefficient (Wildman–Crippen LogP) is 2.51. The number of hydrogen-bond donors (Lipinski definition) is 1. The molecule has 0 aliphatic carbocycles. The van der Waals surface area contributed by atoms with Crippen molar-refractivity contribution in [2.45, 2.75) is 31.6 Å². The molecule has 0 spiro atoms. The van der Waals surface area contributed by atoms with Crippen molar-refractivity contribution in [2.75, 3.05) is 6.61 Å². The molecule has 7 heteroatoms. The Morgan fingerprint density at radius 1 is 1.42 bits per heavy atom. The average molecular weight is 307 g/mol. The van der Waals surface area contributed by atoms with Gasteiger partial charge >= 0.3 is 5.97 Å². The lowest BCUT2D eigenvalue weighted by Crippen LogP contribution is -2.11. The van der Waals surface area contributed by atoms with Gasteiger partial charge in [-0.1, -0.05) is 13.8 Å². The number of halogens is 1. The number of benzene rings is 1. The van der Waals surface area contributed by atoms with Crippen LogP contribution < -0.4 is 4.74 Å². The van der Waals surface area contributed by atoms with Crippen molar-refractivity contribution in [1.29, 1.82) is 0 Å². The van der Waals surface area contributed by atoms with Gasteiger partial charge in [0.05, 0.1) is 4.90 Å². The molecular weight excluding hydrogens is 292 g/mol. The molecule has 0 aliphatic rings. The van der Waals surface area contributed by atoms with Crippen molar-refractivity contribution in [2.24, 2.45) is 0 Å². The van der Waals surface area contributed by atoms with Gasteiger partial charge in [-0.25, -0.2) is 13.2 Å². The van der Waals surface area contributed by atoms with Crippen LogP contribution in [0, 0.1) is 6.92 Å². The van der Waals surface area contributed by atoms with Crippen LogP contribution in [0.1, 0.15) is 30.9 Å². The zero-order valence-electron chi connectivity index (χ0n) is 10.8. The molecule has 0 atom stereocenters. The van der Waals surface area contributed by atoms with E-state index in [-0.39, 0.29) is 10.8 Å². The Morgan fingerprint density at radius 2 is 2.00 bits per heavy atom. The lowest BCUT2D eigenvalue weighted by Gasteiger charge is -2.15. The summed E-state index contributed by atoms with van der Waals surface area (Å²) in [6.45, 7) is 4.78.